The first-order chi connectivity index (χ1) is 31.2. The summed E-state index contributed by atoms with van der Waals surface area (Å²) in [6.45, 7) is 4.31. The van der Waals surface area contributed by atoms with E-state index < -0.39 is 57.8 Å². The molecule has 0 fully saturated rings. The number of hydrogen-bond donors (Lipinski definition) is 2. The lowest BCUT2D eigenvalue weighted by molar-refractivity contribution is -0.161. The summed E-state index contributed by atoms with van der Waals surface area (Å²) in [4.78, 5) is 48.1. The van der Waals surface area contributed by atoms with Crippen molar-refractivity contribution in [3.63, 3.8) is 0 Å². The van der Waals surface area contributed by atoms with Gasteiger partial charge in [0.1, 0.15) is 12.7 Å². The zero-order valence-corrected chi connectivity index (χ0v) is 41.1. The predicted molar refractivity (Wildman–Crippen MR) is 261 cm³/mol. The van der Waals surface area contributed by atoms with Gasteiger partial charge in [0.25, 0.3) is 0 Å². The fraction of sp³-hybridized carbons (Fsp3) is 0.712. The minimum absolute atomic E-state index is 0.140. The van der Waals surface area contributed by atoms with Crippen molar-refractivity contribution in [1.29, 1.82) is 0 Å². The number of aliphatic hydroxyl groups excluding tert-OH is 1. The lowest BCUT2D eigenvalue weighted by Gasteiger charge is -2.21. The van der Waals surface area contributed by atoms with E-state index in [-0.39, 0.29) is 25.9 Å². The molecule has 0 aliphatic rings. The largest absolute Gasteiger partial charge is 0.472 e. The smallest absolute Gasteiger partial charge is 0.462 e. The number of ether oxygens (including phenoxy) is 3. The van der Waals surface area contributed by atoms with Crippen LogP contribution in [0.3, 0.4) is 0 Å². The number of hydrogen-bond acceptors (Lipinski definition) is 10. The molecule has 0 aromatic heterocycles. The normalized spacial score (nSPS) is 14.1. The standard InChI is InChI=1S/C52H89O11P/c1-4-7-10-13-16-19-21-23-24-26-28-31-34-37-40-43-52(56)63-49(45-59-50(54)41-38-35-32-30-27-25-22-20-17-14-11-8-5-2)47-61-64(57,58)60-46-48(44-53)62-51(55)42-39-36-33-29-18-15-12-9-6-3/h7-8,10-11,16-17,19-20,23-25,27,48-49,53H,4-6,9,12-15,18,21-22,26,28-47H2,1-3H3,(H,57,58)/b10-7-,11-8-,19-16-,20-17-,24-23-,27-25-. The minimum Gasteiger partial charge on any atom is -0.462 e. The second kappa shape index (κ2) is 46.4. The average Bonchev–Trinajstić information content (AvgIpc) is 3.28. The molecule has 64 heavy (non-hydrogen) atoms. The van der Waals surface area contributed by atoms with Crippen LogP contribution >= 0.6 is 7.82 Å². The molecule has 0 aromatic carbocycles. The van der Waals surface area contributed by atoms with Crippen molar-refractivity contribution in [2.45, 2.75) is 213 Å². The molecule has 0 rings (SSSR count). The second-order valence-corrected chi connectivity index (χ2v) is 17.7. The molecule has 0 aliphatic carbocycles. The molecule has 11 nitrogen and oxygen atoms in total. The van der Waals surface area contributed by atoms with Crippen LogP contribution < -0.4 is 0 Å². The van der Waals surface area contributed by atoms with E-state index in [1.807, 2.05) is 0 Å². The maximum Gasteiger partial charge on any atom is 0.472 e. The van der Waals surface area contributed by atoms with Crippen molar-refractivity contribution >= 4 is 25.7 Å². The van der Waals surface area contributed by atoms with E-state index in [9.17, 15) is 28.9 Å². The predicted octanol–water partition coefficient (Wildman–Crippen LogP) is 13.8. The molecule has 0 heterocycles. The molecule has 0 radical (unpaired) electrons. The first-order valence-electron chi connectivity index (χ1n) is 24.8. The number of allylic oxidation sites excluding steroid dienone is 12. The SMILES string of the molecule is CC/C=C\C/C=C\C/C=C\CCCCCCCC(=O)OC(COC(=O)CCCCC/C=C\C/C=C\C/C=C\CC)COP(=O)(O)OCC(CO)OC(=O)CCCCCCCCCCC. The third kappa shape index (κ3) is 44.1. The monoisotopic (exact) mass is 921 g/mol. The zero-order chi connectivity index (χ0) is 47.0. The molecule has 3 unspecified atom stereocenters. The second-order valence-electron chi connectivity index (χ2n) is 16.2. The lowest BCUT2D eigenvalue weighted by atomic mass is 10.1. The molecule has 368 valence electrons. The summed E-state index contributed by atoms with van der Waals surface area (Å²) >= 11 is 0. The van der Waals surface area contributed by atoms with Crippen LogP contribution in [-0.2, 0) is 42.2 Å². The Bertz CT molecular complexity index is 1350. The Hall–Kier alpha value is -3.08. The maximum absolute atomic E-state index is 12.8. The highest BCUT2D eigenvalue weighted by Crippen LogP contribution is 2.43. The van der Waals surface area contributed by atoms with Crippen LogP contribution in [0.2, 0.25) is 0 Å². The van der Waals surface area contributed by atoms with Gasteiger partial charge in [0.15, 0.2) is 6.10 Å². The molecule has 12 heteroatoms. The summed E-state index contributed by atoms with van der Waals surface area (Å²) in [6.07, 6.45) is 48.9. The van der Waals surface area contributed by atoms with Crippen molar-refractivity contribution in [3.8, 4) is 0 Å². The molecule has 0 saturated heterocycles. The highest BCUT2D eigenvalue weighted by molar-refractivity contribution is 7.47. The average molecular weight is 921 g/mol. The van der Waals surface area contributed by atoms with Gasteiger partial charge in [0.2, 0.25) is 0 Å². The van der Waals surface area contributed by atoms with Gasteiger partial charge < -0.3 is 24.2 Å². The molecule has 0 amide bonds. The number of phosphoric acid groups is 1. The van der Waals surface area contributed by atoms with Gasteiger partial charge in [-0.3, -0.25) is 23.4 Å². The van der Waals surface area contributed by atoms with Gasteiger partial charge in [-0.2, -0.15) is 0 Å². The molecule has 2 N–H and O–H groups in total. The number of rotatable bonds is 45. The van der Waals surface area contributed by atoms with E-state index in [1.54, 1.807) is 0 Å². The molecule has 0 aliphatic heterocycles. The number of carbonyl (C=O) groups excluding carboxylic acids is 3. The molecule has 3 atom stereocenters. The maximum atomic E-state index is 12.8. The Balaban J connectivity index is 4.83. The van der Waals surface area contributed by atoms with Gasteiger partial charge in [0.05, 0.1) is 19.8 Å². The third-order valence-electron chi connectivity index (χ3n) is 10.1. The summed E-state index contributed by atoms with van der Waals surface area (Å²) in [5, 5.41) is 9.73. The Kier molecular flexibility index (Phi) is 44.2. The van der Waals surface area contributed by atoms with Crippen molar-refractivity contribution in [2.75, 3.05) is 26.4 Å². The fourth-order valence-corrected chi connectivity index (χ4v) is 7.17. The van der Waals surface area contributed by atoms with Crippen LogP contribution in [0.1, 0.15) is 201 Å². The van der Waals surface area contributed by atoms with E-state index in [4.69, 9.17) is 23.3 Å². The van der Waals surface area contributed by atoms with Crippen molar-refractivity contribution in [2.24, 2.45) is 0 Å². The molecule has 0 bridgehead atoms. The third-order valence-corrected chi connectivity index (χ3v) is 11.1. The Morgan fingerprint density at radius 3 is 1.27 bits per heavy atom. The summed E-state index contributed by atoms with van der Waals surface area (Å²) in [7, 11) is -4.75. The summed E-state index contributed by atoms with van der Waals surface area (Å²) in [5.74, 6) is -1.53. The summed E-state index contributed by atoms with van der Waals surface area (Å²) < 4.78 is 39.2. The lowest BCUT2D eigenvalue weighted by Crippen LogP contribution is -2.30. The number of aliphatic hydroxyl groups is 1. The van der Waals surface area contributed by atoms with E-state index in [2.05, 4.69) is 93.7 Å². The summed E-state index contributed by atoms with van der Waals surface area (Å²) in [5.41, 5.74) is 0. The van der Waals surface area contributed by atoms with Gasteiger partial charge >= 0.3 is 25.7 Å². The molecule has 0 aromatic rings. The van der Waals surface area contributed by atoms with E-state index in [1.165, 1.54) is 32.1 Å². The Morgan fingerprint density at radius 1 is 0.453 bits per heavy atom. The highest BCUT2D eigenvalue weighted by Gasteiger charge is 2.28. The number of carbonyl (C=O) groups is 3. The molecular weight excluding hydrogens is 832 g/mol. The zero-order valence-electron chi connectivity index (χ0n) is 40.2. The van der Waals surface area contributed by atoms with Crippen molar-refractivity contribution in [3.05, 3.63) is 72.9 Å². The molecule has 0 saturated carbocycles. The fourth-order valence-electron chi connectivity index (χ4n) is 6.38. The van der Waals surface area contributed by atoms with E-state index in [0.29, 0.717) is 19.3 Å². The Morgan fingerprint density at radius 2 is 0.812 bits per heavy atom. The number of esters is 3. The first-order valence-corrected chi connectivity index (χ1v) is 26.3. The number of phosphoric ester groups is 1. The minimum atomic E-state index is -4.75. The van der Waals surface area contributed by atoms with Gasteiger partial charge in [-0.15, -0.1) is 0 Å². The van der Waals surface area contributed by atoms with Crippen LogP contribution in [0.25, 0.3) is 0 Å². The van der Waals surface area contributed by atoms with Gasteiger partial charge in [-0.25, -0.2) is 4.57 Å². The number of unbranched alkanes of at least 4 members (excludes halogenated alkanes) is 16. The quantitative estimate of drug-likeness (QED) is 0.0197. The topological polar surface area (TPSA) is 155 Å². The van der Waals surface area contributed by atoms with Gasteiger partial charge in [-0.1, -0.05) is 171 Å². The first kappa shape index (κ1) is 60.9. The van der Waals surface area contributed by atoms with E-state index >= 15 is 0 Å². The van der Waals surface area contributed by atoms with Crippen LogP contribution in [0.5, 0.6) is 0 Å². The molecular formula is C52H89O11P. The van der Waals surface area contributed by atoms with Crippen LogP contribution in [0, 0.1) is 0 Å². The van der Waals surface area contributed by atoms with Gasteiger partial charge in [-0.05, 0) is 83.5 Å². The van der Waals surface area contributed by atoms with Crippen molar-refractivity contribution in [1.82, 2.24) is 0 Å². The highest BCUT2D eigenvalue weighted by atomic mass is 31.2. The summed E-state index contributed by atoms with van der Waals surface area (Å²) in [6, 6.07) is 0. The van der Waals surface area contributed by atoms with Crippen LogP contribution in [0.4, 0.5) is 0 Å². The van der Waals surface area contributed by atoms with E-state index in [0.717, 1.165) is 109 Å². The van der Waals surface area contributed by atoms with Crippen molar-refractivity contribution < 1.29 is 52.2 Å². The Labute approximate surface area is 388 Å². The van der Waals surface area contributed by atoms with Gasteiger partial charge in [0, 0.05) is 19.3 Å². The van der Waals surface area contributed by atoms with Crippen LogP contribution in [-0.4, -0.2) is 66.5 Å². The van der Waals surface area contributed by atoms with Crippen LogP contribution in [0.15, 0.2) is 72.9 Å². The molecule has 0 spiro atoms.